The zero-order valence-corrected chi connectivity index (χ0v) is 13.3. The highest BCUT2D eigenvalue weighted by atomic mass is 16.2. The summed E-state index contributed by atoms with van der Waals surface area (Å²) in [6.07, 6.45) is 0. The van der Waals surface area contributed by atoms with E-state index in [-0.39, 0.29) is 11.9 Å². The third-order valence-corrected chi connectivity index (χ3v) is 4.89. The summed E-state index contributed by atoms with van der Waals surface area (Å²) in [5.41, 5.74) is 6.58. The molecule has 0 radical (unpaired) electrons. The first-order chi connectivity index (χ1) is 10.6. The van der Waals surface area contributed by atoms with Gasteiger partial charge < -0.3 is 9.80 Å². The van der Waals surface area contributed by atoms with Gasteiger partial charge in [-0.2, -0.15) is 0 Å². The molecule has 0 spiro atoms. The number of benzene rings is 2. The highest BCUT2D eigenvalue weighted by molar-refractivity contribution is 6.11. The quantitative estimate of drug-likeness (QED) is 0.736. The number of anilines is 2. The van der Waals surface area contributed by atoms with Crippen molar-refractivity contribution in [2.75, 3.05) is 22.9 Å². The summed E-state index contributed by atoms with van der Waals surface area (Å²) < 4.78 is 0. The number of carbonyl (C=O) groups excluding carboxylic acids is 1. The fraction of sp³-hybridized carbons (Fsp3) is 0.316. The summed E-state index contributed by atoms with van der Waals surface area (Å²) in [4.78, 5) is 17.4. The van der Waals surface area contributed by atoms with E-state index in [1.807, 2.05) is 17.9 Å². The van der Waals surface area contributed by atoms with Crippen molar-refractivity contribution in [2.24, 2.45) is 0 Å². The first-order valence-corrected chi connectivity index (χ1v) is 7.86. The van der Waals surface area contributed by atoms with E-state index in [2.05, 4.69) is 49.1 Å². The molecule has 2 aliphatic rings. The van der Waals surface area contributed by atoms with Gasteiger partial charge in [-0.25, -0.2) is 0 Å². The number of aryl methyl sites for hydroxylation is 2. The molecule has 2 aromatic carbocycles. The molecule has 0 aliphatic carbocycles. The Hall–Kier alpha value is -2.29. The molecule has 3 nitrogen and oxygen atoms in total. The van der Waals surface area contributed by atoms with Crippen LogP contribution < -0.4 is 9.80 Å². The Labute approximate surface area is 131 Å². The van der Waals surface area contributed by atoms with Crippen LogP contribution in [-0.4, -0.2) is 19.0 Å². The molecule has 3 heteroatoms. The third-order valence-electron chi connectivity index (χ3n) is 4.89. The minimum absolute atomic E-state index is 0.123. The molecule has 2 aliphatic heterocycles. The normalized spacial score (nSPS) is 19.6. The highest BCUT2D eigenvalue weighted by Gasteiger charge is 2.35. The average molecular weight is 292 g/mol. The summed E-state index contributed by atoms with van der Waals surface area (Å²) in [6.45, 7) is 8.00. The zero-order valence-electron chi connectivity index (χ0n) is 13.3. The Balaban J connectivity index is 1.99. The topological polar surface area (TPSA) is 23.6 Å². The van der Waals surface area contributed by atoms with Crippen molar-refractivity contribution in [3.05, 3.63) is 58.7 Å². The van der Waals surface area contributed by atoms with Gasteiger partial charge in [-0.15, -0.1) is 0 Å². The molecule has 0 saturated carbocycles. The van der Waals surface area contributed by atoms with Crippen molar-refractivity contribution in [1.82, 2.24) is 0 Å². The van der Waals surface area contributed by atoms with Gasteiger partial charge in [0.2, 0.25) is 0 Å². The van der Waals surface area contributed by atoms with Crippen LogP contribution in [0.4, 0.5) is 11.4 Å². The van der Waals surface area contributed by atoms with E-state index >= 15 is 0 Å². The Bertz CT molecular complexity index is 781. The Morgan fingerprint density at radius 3 is 2.41 bits per heavy atom. The van der Waals surface area contributed by atoms with Gasteiger partial charge in [-0.1, -0.05) is 29.3 Å². The van der Waals surface area contributed by atoms with E-state index in [1.54, 1.807) is 0 Å². The van der Waals surface area contributed by atoms with Gasteiger partial charge in [0.1, 0.15) is 0 Å². The van der Waals surface area contributed by atoms with Gasteiger partial charge in [0.05, 0.1) is 17.3 Å². The number of rotatable bonds is 0. The van der Waals surface area contributed by atoms with E-state index in [9.17, 15) is 4.79 Å². The van der Waals surface area contributed by atoms with E-state index in [4.69, 9.17) is 0 Å². The van der Waals surface area contributed by atoms with Crippen LogP contribution in [0, 0.1) is 13.8 Å². The molecule has 22 heavy (non-hydrogen) atoms. The molecule has 1 atom stereocenters. The molecule has 1 amide bonds. The third kappa shape index (κ3) is 1.78. The van der Waals surface area contributed by atoms with Crippen LogP contribution in [0.25, 0.3) is 0 Å². The maximum Gasteiger partial charge on any atom is 0.260 e. The molecule has 0 fully saturated rings. The highest BCUT2D eigenvalue weighted by Crippen LogP contribution is 2.41. The summed E-state index contributed by atoms with van der Waals surface area (Å²) in [5, 5.41) is 0. The predicted molar refractivity (Wildman–Crippen MR) is 89.8 cm³/mol. The Morgan fingerprint density at radius 1 is 0.955 bits per heavy atom. The number of hydrogen-bond donors (Lipinski definition) is 0. The van der Waals surface area contributed by atoms with E-state index in [0.29, 0.717) is 0 Å². The molecular weight excluding hydrogens is 272 g/mol. The minimum Gasteiger partial charge on any atom is -0.362 e. The van der Waals surface area contributed by atoms with Crippen LogP contribution in [-0.2, 0) is 0 Å². The van der Waals surface area contributed by atoms with Gasteiger partial charge in [-0.3, -0.25) is 4.79 Å². The van der Waals surface area contributed by atoms with E-state index in [1.165, 1.54) is 11.1 Å². The lowest BCUT2D eigenvalue weighted by Crippen LogP contribution is -2.32. The zero-order chi connectivity index (χ0) is 15.4. The summed E-state index contributed by atoms with van der Waals surface area (Å²) in [7, 11) is 0. The SMILES string of the molecule is Cc1ccc2c(c1)C(=O)N1CCN2[C@H](C)c2cc(C)ccc21. The van der Waals surface area contributed by atoms with Gasteiger partial charge in [0.25, 0.3) is 5.91 Å². The fourth-order valence-corrected chi connectivity index (χ4v) is 3.70. The molecule has 0 saturated heterocycles. The molecule has 4 rings (SSSR count). The van der Waals surface area contributed by atoms with Gasteiger partial charge >= 0.3 is 0 Å². The van der Waals surface area contributed by atoms with Crippen molar-refractivity contribution in [2.45, 2.75) is 26.8 Å². The van der Waals surface area contributed by atoms with Crippen molar-refractivity contribution in [1.29, 1.82) is 0 Å². The molecule has 0 aromatic heterocycles. The van der Waals surface area contributed by atoms with E-state index < -0.39 is 0 Å². The van der Waals surface area contributed by atoms with Crippen LogP contribution in [0.15, 0.2) is 36.4 Å². The predicted octanol–water partition coefficient (Wildman–Crippen LogP) is 3.84. The Kier molecular flexibility index (Phi) is 2.80. The minimum atomic E-state index is 0.123. The van der Waals surface area contributed by atoms with Crippen LogP contribution in [0.5, 0.6) is 0 Å². The number of hydrogen-bond acceptors (Lipinski definition) is 2. The molecule has 0 N–H and O–H groups in total. The number of carbonyl (C=O) groups is 1. The standard InChI is InChI=1S/C19H20N2O/c1-12-4-6-17-15(10-12)14(3)20-8-9-21(17)19(22)16-11-13(2)5-7-18(16)20/h4-7,10-11,14H,8-9H2,1-3H3/t14-/m1/s1. The maximum absolute atomic E-state index is 13.1. The molecule has 112 valence electrons. The lowest BCUT2D eigenvalue weighted by Gasteiger charge is -2.32. The average Bonchev–Trinajstić information content (AvgIpc) is 2.73. The first-order valence-electron chi connectivity index (χ1n) is 7.86. The maximum atomic E-state index is 13.1. The van der Waals surface area contributed by atoms with Crippen molar-refractivity contribution < 1.29 is 4.79 Å². The lowest BCUT2D eigenvalue weighted by atomic mass is 9.97. The monoisotopic (exact) mass is 292 g/mol. The van der Waals surface area contributed by atoms with Crippen LogP contribution in [0.2, 0.25) is 0 Å². The van der Waals surface area contributed by atoms with Gasteiger partial charge in [0.15, 0.2) is 0 Å². The number of amides is 1. The first kappa shape index (κ1) is 13.4. The smallest absolute Gasteiger partial charge is 0.260 e. The second kappa shape index (κ2) is 4.60. The van der Waals surface area contributed by atoms with Gasteiger partial charge in [0, 0.05) is 18.8 Å². The number of fused-ring (bicyclic) bond motifs is 7. The lowest BCUT2D eigenvalue weighted by molar-refractivity contribution is 0.0990. The molecule has 0 unspecified atom stereocenters. The molecular formula is C19H20N2O. The second-order valence-corrected chi connectivity index (χ2v) is 6.41. The summed E-state index contributed by atoms with van der Waals surface area (Å²) in [5.74, 6) is 0.123. The van der Waals surface area contributed by atoms with Crippen molar-refractivity contribution in [3.8, 4) is 0 Å². The van der Waals surface area contributed by atoms with Crippen molar-refractivity contribution >= 4 is 17.3 Å². The largest absolute Gasteiger partial charge is 0.362 e. The second-order valence-electron chi connectivity index (χ2n) is 6.41. The van der Waals surface area contributed by atoms with Gasteiger partial charge in [-0.05, 0) is 44.5 Å². The van der Waals surface area contributed by atoms with Crippen LogP contribution in [0.3, 0.4) is 0 Å². The van der Waals surface area contributed by atoms with Crippen molar-refractivity contribution in [3.63, 3.8) is 0 Å². The Morgan fingerprint density at radius 2 is 1.64 bits per heavy atom. The van der Waals surface area contributed by atoms with Crippen LogP contribution >= 0.6 is 0 Å². The summed E-state index contributed by atoms with van der Waals surface area (Å²) in [6, 6.07) is 12.9. The summed E-state index contributed by atoms with van der Waals surface area (Å²) >= 11 is 0. The molecule has 2 bridgehead atoms. The number of nitrogens with zero attached hydrogens (tertiary/aromatic N) is 2. The molecule has 2 aromatic rings. The van der Waals surface area contributed by atoms with Crippen LogP contribution in [0.1, 0.15) is 40.0 Å². The molecule has 2 heterocycles. The van der Waals surface area contributed by atoms with E-state index in [0.717, 1.165) is 35.6 Å². The fourth-order valence-electron chi connectivity index (χ4n) is 3.70.